The van der Waals surface area contributed by atoms with Gasteiger partial charge in [0.15, 0.2) is 0 Å². The number of furan rings is 1. The average molecular weight is 298 g/mol. The Morgan fingerprint density at radius 1 is 1.14 bits per heavy atom. The second kappa shape index (κ2) is 6.30. The second-order valence-corrected chi connectivity index (χ2v) is 4.92. The molecule has 5 heteroatoms. The van der Waals surface area contributed by atoms with Crippen LogP contribution in [0.15, 0.2) is 71.6 Å². The van der Waals surface area contributed by atoms with E-state index in [1.807, 2.05) is 35.2 Å². The first kappa shape index (κ1) is 14.1. The Bertz CT molecular complexity index is 684. The third kappa shape index (κ3) is 3.25. The normalized spacial score (nSPS) is 12.0. The van der Waals surface area contributed by atoms with Gasteiger partial charge in [0.05, 0.1) is 18.7 Å². The standard InChI is InChI=1S/C17H15FN2O2/c18-13-5-7-14(8-6-13)19-17(21)12-15(16-4-3-11-22-16)20-9-1-2-10-20/h1-11,15H,12H2,(H,19,21). The first-order valence-corrected chi connectivity index (χ1v) is 6.93. The number of amides is 1. The molecule has 0 bridgehead atoms. The molecule has 112 valence electrons. The summed E-state index contributed by atoms with van der Waals surface area (Å²) in [7, 11) is 0. The van der Waals surface area contributed by atoms with Crippen molar-refractivity contribution in [1.82, 2.24) is 4.57 Å². The summed E-state index contributed by atoms with van der Waals surface area (Å²) in [5, 5.41) is 2.76. The van der Waals surface area contributed by atoms with Crippen LogP contribution in [-0.2, 0) is 4.79 Å². The van der Waals surface area contributed by atoms with Gasteiger partial charge in [-0.15, -0.1) is 0 Å². The molecule has 0 aliphatic rings. The van der Waals surface area contributed by atoms with Gasteiger partial charge in [0, 0.05) is 18.1 Å². The molecule has 0 aliphatic heterocycles. The lowest BCUT2D eigenvalue weighted by Gasteiger charge is -2.16. The minimum Gasteiger partial charge on any atom is -0.467 e. The summed E-state index contributed by atoms with van der Waals surface area (Å²) in [6.45, 7) is 0. The highest BCUT2D eigenvalue weighted by molar-refractivity contribution is 5.91. The summed E-state index contributed by atoms with van der Waals surface area (Å²) in [4.78, 5) is 12.2. The van der Waals surface area contributed by atoms with E-state index in [4.69, 9.17) is 4.42 Å². The number of anilines is 1. The molecular formula is C17H15FN2O2. The van der Waals surface area contributed by atoms with Gasteiger partial charge in [-0.3, -0.25) is 4.79 Å². The SMILES string of the molecule is O=C(CC(c1ccco1)n1cccc1)Nc1ccc(F)cc1. The quantitative estimate of drug-likeness (QED) is 0.778. The van der Waals surface area contributed by atoms with Crippen LogP contribution in [0.1, 0.15) is 18.2 Å². The van der Waals surface area contributed by atoms with Gasteiger partial charge < -0.3 is 14.3 Å². The Morgan fingerprint density at radius 3 is 2.50 bits per heavy atom. The molecule has 1 aromatic carbocycles. The summed E-state index contributed by atoms with van der Waals surface area (Å²) >= 11 is 0. The Hall–Kier alpha value is -2.82. The van der Waals surface area contributed by atoms with E-state index in [0.29, 0.717) is 11.4 Å². The highest BCUT2D eigenvalue weighted by Crippen LogP contribution is 2.23. The number of nitrogens with zero attached hydrogens (tertiary/aromatic N) is 1. The largest absolute Gasteiger partial charge is 0.467 e. The van der Waals surface area contributed by atoms with Crippen LogP contribution in [0.4, 0.5) is 10.1 Å². The molecule has 1 atom stereocenters. The maximum Gasteiger partial charge on any atom is 0.226 e. The van der Waals surface area contributed by atoms with E-state index >= 15 is 0 Å². The minimum atomic E-state index is -0.334. The van der Waals surface area contributed by atoms with E-state index in [0.717, 1.165) is 0 Å². The average Bonchev–Trinajstić information content (AvgIpc) is 3.21. The molecule has 0 aliphatic carbocycles. The summed E-state index contributed by atoms with van der Waals surface area (Å²) in [6, 6.07) is 12.9. The van der Waals surface area contributed by atoms with Crippen molar-refractivity contribution < 1.29 is 13.6 Å². The van der Waals surface area contributed by atoms with Crippen molar-refractivity contribution in [2.24, 2.45) is 0 Å². The van der Waals surface area contributed by atoms with Crippen LogP contribution in [0.2, 0.25) is 0 Å². The van der Waals surface area contributed by atoms with Crippen molar-refractivity contribution in [3.05, 3.63) is 78.8 Å². The lowest BCUT2D eigenvalue weighted by molar-refractivity contribution is -0.116. The van der Waals surface area contributed by atoms with Crippen molar-refractivity contribution in [2.45, 2.75) is 12.5 Å². The van der Waals surface area contributed by atoms with E-state index in [1.165, 1.54) is 24.3 Å². The van der Waals surface area contributed by atoms with Crippen molar-refractivity contribution in [3.8, 4) is 0 Å². The van der Waals surface area contributed by atoms with Gasteiger partial charge in [0.2, 0.25) is 5.91 Å². The lowest BCUT2D eigenvalue weighted by atomic mass is 10.1. The Morgan fingerprint density at radius 2 is 1.86 bits per heavy atom. The highest BCUT2D eigenvalue weighted by atomic mass is 19.1. The molecule has 0 spiro atoms. The Labute approximate surface area is 127 Å². The van der Waals surface area contributed by atoms with Crippen molar-refractivity contribution >= 4 is 11.6 Å². The van der Waals surface area contributed by atoms with Gasteiger partial charge in [0.25, 0.3) is 0 Å². The van der Waals surface area contributed by atoms with Crippen LogP contribution < -0.4 is 5.32 Å². The van der Waals surface area contributed by atoms with Crippen LogP contribution in [0.5, 0.6) is 0 Å². The molecule has 3 rings (SSSR count). The number of hydrogen-bond acceptors (Lipinski definition) is 2. The molecule has 0 fully saturated rings. The number of halogens is 1. The monoisotopic (exact) mass is 298 g/mol. The zero-order chi connectivity index (χ0) is 15.4. The fraction of sp³-hybridized carbons (Fsp3) is 0.118. The number of benzene rings is 1. The van der Waals surface area contributed by atoms with E-state index in [2.05, 4.69) is 5.32 Å². The predicted molar refractivity (Wildman–Crippen MR) is 80.9 cm³/mol. The molecule has 2 aromatic heterocycles. The van der Waals surface area contributed by atoms with E-state index in [-0.39, 0.29) is 24.2 Å². The molecular weight excluding hydrogens is 283 g/mol. The molecule has 1 unspecified atom stereocenters. The van der Waals surface area contributed by atoms with Crippen LogP contribution in [0.3, 0.4) is 0 Å². The predicted octanol–water partition coefficient (Wildman–Crippen LogP) is 3.84. The Balaban J connectivity index is 1.73. The molecule has 2 heterocycles. The fourth-order valence-electron chi connectivity index (χ4n) is 2.31. The van der Waals surface area contributed by atoms with Crippen molar-refractivity contribution in [2.75, 3.05) is 5.32 Å². The lowest BCUT2D eigenvalue weighted by Crippen LogP contribution is -2.19. The van der Waals surface area contributed by atoms with Crippen LogP contribution in [0, 0.1) is 5.82 Å². The highest BCUT2D eigenvalue weighted by Gasteiger charge is 2.19. The van der Waals surface area contributed by atoms with E-state index in [9.17, 15) is 9.18 Å². The zero-order valence-corrected chi connectivity index (χ0v) is 11.8. The summed E-state index contributed by atoms with van der Waals surface area (Å²) in [6.07, 6.45) is 5.58. The van der Waals surface area contributed by atoms with Gasteiger partial charge in [-0.05, 0) is 48.5 Å². The first-order chi connectivity index (χ1) is 10.7. The molecule has 22 heavy (non-hydrogen) atoms. The fourth-order valence-corrected chi connectivity index (χ4v) is 2.31. The molecule has 1 amide bonds. The second-order valence-electron chi connectivity index (χ2n) is 4.92. The number of nitrogens with one attached hydrogen (secondary N) is 1. The topological polar surface area (TPSA) is 47.2 Å². The maximum atomic E-state index is 12.9. The van der Waals surface area contributed by atoms with Gasteiger partial charge in [-0.25, -0.2) is 4.39 Å². The Kier molecular flexibility index (Phi) is 4.05. The molecule has 0 saturated carbocycles. The van der Waals surface area contributed by atoms with Gasteiger partial charge >= 0.3 is 0 Å². The maximum absolute atomic E-state index is 12.9. The van der Waals surface area contributed by atoms with Gasteiger partial charge in [-0.1, -0.05) is 0 Å². The van der Waals surface area contributed by atoms with Crippen LogP contribution >= 0.6 is 0 Å². The van der Waals surface area contributed by atoms with Gasteiger partial charge in [0.1, 0.15) is 11.6 Å². The first-order valence-electron chi connectivity index (χ1n) is 6.93. The number of carbonyl (C=O) groups excluding carboxylic acids is 1. The molecule has 1 N–H and O–H groups in total. The molecule has 4 nitrogen and oxygen atoms in total. The van der Waals surface area contributed by atoms with Crippen LogP contribution in [-0.4, -0.2) is 10.5 Å². The minimum absolute atomic E-state index is 0.165. The smallest absolute Gasteiger partial charge is 0.226 e. The number of aromatic nitrogens is 1. The van der Waals surface area contributed by atoms with E-state index < -0.39 is 0 Å². The zero-order valence-electron chi connectivity index (χ0n) is 11.8. The summed E-state index contributed by atoms with van der Waals surface area (Å²) in [5.41, 5.74) is 0.567. The van der Waals surface area contributed by atoms with E-state index in [1.54, 1.807) is 12.3 Å². The molecule has 0 saturated heterocycles. The molecule has 3 aromatic rings. The number of rotatable bonds is 5. The number of hydrogen-bond donors (Lipinski definition) is 1. The third-order valence-electron chi connectivity index (χ3n) is 3.37. The van der Waals surface area contributed by atoms with Crippen molar-refractivity contribution in [1.29, 1.82) is 0 Å². The summed E-state index contributed by atoms with van der Waals surface area (Å²) < 4.78 is 20.2. The van der Waals surface area contributed by atoms with Crippen LogP contribution in [0.25, 0.3) is 0 Å². The third-order valence-corrected chi connectivity index (χ3v) is 3.37. The van der Waals surface area contributed by atoms with Gasteiger partial charge in [-0.2, -0.15) is 0 Å². The van der Waals surface area contributed by atoms with Crippen molar-refractivity contribution in [3.63, 3.8) is 0 Å². The number of carbonyl (C=O) groups is 1. The summed E-state index contributed by atoms with van der Waals surface area (Å²) in [5.74, 6) is 0.214. The molecule has 0 radical (unpaired) electrons.